The van der Waals surface area contributed by atoms with E-state index in [-0.39, 0.29) is 12.5 Å². The SMILES string of the molecule is O=C(c1csc(C#CCCO)c1)N1Cc2ccccc2C1. The standard InChI is InChI=1S/C17H15NO2S/c19-8-4-3-7-16-9-15(12-21-16)17(20)18-10-13-5-1-2-6-14(13)11-18/h1-2,5-6,9,12,19H,4,8,10-11H2. The summed E-state index contributed by atoms with van der Waals surface area (Å²) in [5, 5.41) is 10.6. The van der Waals surface area contributed by atoms with Gasteiger partial charge in [-0.3, -0.25) is 4.79 Å². The zero-order chi connectivity index (χ0) is 14.7. The molecule has 21 heavy (non-hydrogen) atoms. The first-order chi connectivity index (χ1) is 10.3. The highest BCUT2D eigenvalue weighted by atomic mass is 32.1. The Hall–Kier alpha value is -2.09. The third kappa shape index (κ3) is 2.99. The Morgan fingerprint density at radius 3 is 2.67 bits per heavy atom. The van der Waals surface area contributed by atoms with Gasteiger partial charge in [-0.25, -0.2) is 0 Å². The van der Waals surface area contributed by atoms with E-state index in [1.807, 2.05) is 28.5 Å². The molecule has 3 rings (SSSR count). The number of carbonyl (C=O) groups is 1. The lowest BCUT2D eigenvalue weighted by atomic mass is 10.1. The minimum Gasteiger partial charge on any atom is -0.395 e. The van der Waals surface area contributed by atoms with Crippen LogP contribution in [-0.4, -0.2) is 22.5 Å². The average molecular weight is 297 g/mol. The summed E-state index contributed by atoms with van der Waals surface area (Å²) in [5.74, 6) is 5.89. The molecule has 1 aromatic heterocycles. The third-order valence-electron chi connectivity index (χ3n) is 3.42. The Kier molecular flexibility index (Phi) is 4.05. The maximum atomic E-state index is 12.5. The van der Waals surface area contributed by atoms with E-state index in [4.69, 9.17) is 5.11 Å². The Labute approximate surface area is 127 Å². The smallest absolute Gasteiger partial charge is 0.255 e. The van der Waals surface area contributed by atoms with Gasteiger partial charge < -0.3 is 10.0 Å². The quantitative estimate of drug-likeness (QED) is 0.866. The van der Waals surface area contributed by atoms with Crippen molar-refractivity contribution in [3.8, 4) is 11.8 Å². The van der Waals surface area contributed by atoms with Crippen LogP contribution in [0, 0.1) is 11.8 Å². The van der Waals surface area contributed by atoms with Crippen LogP contribution in [0.2, 0.25) is 0 Å². The summed E-state index contributed by atoms with van der Waals surface area (Å²) in [6, 6.07) is 9.99. The summed E-state index contributed by atoms with van der Waals surface area (Å²) in [7, 11) is 0. The molecule has 2 heterocycles. The molecule has 0 radical (unpaired) electrons. The monoisotopic (exact) mass is 297 g/mol. The first-order valence-electron chi connectivity index (χ1n) is 6.82. The number of nitrogens with zero attached hydrogens (tertiary/aromatic N) is 1. The summed E-state index contributed by atoms with van der Waals surface area (Å²) in [4.78, 5) is 15.2. The number of rotatable bonds is 2. The fraction of sp³-hybridized carbons (Fsp3) is 0.235. The number of fused-ring (bicyclic) bond motifs is 1. The Morgan fingerprint density at radius 2 is 2.00 bits per heavy atom. The van der Waals surface area contributed by atoms with E-state index < -0.39 is 0 Å². The second-order valence-electron chi connectivity index (χ2n) is 4.90. The van der Waals surface area contributed by atoms with E-state index in [0.717, 1.165) is 4.88 Å². The van der Waals surface area contributed by atoms with Crippen molar-refractivity contribution in [3.05, 3.63) is 57.3 Å². The molecule has 0 aliphatic carbocycles. The Balaban J connectivity index is 1.72. The predicted octanol–water partition coefficient (Wildman–Crippen LogP) is 2.64. The fourth-order valence-electron chi connectivity index (χ4n) is 2.38. The van der Waals surface area contributed by atoms with E-state index in [0.29, 0.717) is 25.1 Å². The van der Waals surface area contributed by atoms with Gasteiger partial charge in [0.1, 0.15) is 0 Å². The van der Waals surface area contributed by atoms with Crippen molar-refractivity contribution in [2.45, 2.75) is 19.5 Å². The highest BCUT2D eigenvalue weighted by Gasteiger charge is 2.24. The molecular weight excluding hydrogens is 282 g/mol. The first kappa shape index (κ1) is 13.9. The number of carbonyl (C=O) groups excluding carboxylic acids is 1. The zero-order valence-electron chi connectivity index (χ0n) is 11.5. The number of aliphatic hydroxyl groups is 1. The van der Waals surface area contributed by atoms with Crippen LogP contribution < -0.4 is 0 Å². The van der Waals surface area contributed by atoms with Crippen LogP contribution in [0.1, 0.15) is 32.8 Å². The maximum Gasteiger partial charge on any atom is 0.255 e. The molecule has 0 unspecified atom stereocenters. The average Bonchev–Trinajstić information content (AvgIpc) is 3.13. The van der Waals surface area contributed by atoms with Gasteiger partial charge in [0.15, 0.2) is 0 Å². The number of amides is 1. The van der Waals surface area contributed by atoms with E-state index >= 15 is 0 Å². The number of thiophene rings is 1. The Morgan fingerprint density at radius 1 is 1.29 bits per heavy atom. The van der Waals surface area contributed by atoms with Gasteiger partial charge in [-0.15, -0.1) is 11.3 Å². The molecule has 0 saturated heterocycles. The summed E-state index contributed by atoms with van der Waals surface area (Å²) in [6.07, 6.45) is 0.461. The van der Waals surface area contributed by atoms with Crippen molar-refractivity contribution in [2.75, 3.05) is 6.61 Å². The zero-order valence-corrected chi connectivity index (χ0v) is 12.3. The van der Waals surface area contributed by atoms with E-state index in [9.17, 15) is 4.79 Å². The van der Waals surface area contributed by atoms with Gasteiger partial charge >= 0.3 is 0 Å². The normalized spacial score (nSPS) is 12.7. The molecule has 1 aromatic carbocycles. The molecule has 0 bridgehead atoms. The molecule has 0 spiro atoms. The van der Waals surface area contributed by atoms with Crippen molar-refractivity contribution in [1.82, 2.24) is 4.90 Å². The largest absolute Gasteiger partial charge is 0.395 e. The molecule has 1 aliphatic rings. The van der Waals surface area contributed by atoms with Crippen LogP contribution >= 0.6 is 11.3 Å². The molecule has 1 aliphatic heterocycles. The molecule has 1 N–H and O–H groups in total. The molecule has 0 fully saturated rings. The highest BCUT2D eigenvalue weighted by Crippen LogP contribution is 2.25. The van der Waals surface area contributed by atoms with Crippen LogP contribution in [0.5, 0.6) is 0 Å². The van der Waals surface area contributed by atoms with Gasteiger partial charge in [-0.2, -0.15) is 0 Å². The molecule has 2 aromatic rings. The summed E-state index contributed by atoms with van der Waals surface area (Å²) >= 11 is 1.47. The minimum absolute atomic E-state index is 0.0534. The molecular formula is C17H15NO2S. The van der Waals surface area contributed by atoms with E-state index in [2.05, 4.69) is 24.0 Å². The van der Waals surface area contributed by atoms with E-state index in [1.54, 1.807) is 0 Å². The predicted molar refractivity (Wildman–Crippen MR) is 82.9 cm³/mol. The number of hydrogen-bond donors (Lipinski definition) is 1. The molecule has 0 saturated carbocycles. The number of aliphatic hydroxyl groups excluding tert-OH is 1. The van der Waals surface area contributed by atoms with Gasteiger partial charge in [-0.05, 0) is 17.2 Å². The van der Waals surface area contributed by atoms with E-state index in [1.165, 1.54) is 22.5 Å². The van der Waals surface area contributed by atoms with Crippen LogP contribution in [0.15, 0.2) is 35.7 Å². The summed E-state index contributed by atoms with van der Waals surface area (Å²) in [5.41, 5.74) is 3.15. The lowest BCUT2D eigenvalue weighted by Crippen LogP contribution is -2.24. The molecule has 1 amide bonds. The van der Waals surface area contributed by atoms with Crippen LogP contribution in [-0.2, 0) is 13.1 Å². The maximum absolute atomic E-state index is 12.5. The van der Waals surface area contributed by atoms with Crippen LogP contribution in [0.25, 0.3) is 0 Å². The topological polar surface area (TPSA) is 40.5 Å². The van der Waals surface area contributed by atoms with Crippen molar-refractivity contribution < 1.29 is 9.90 Å². The highest BCUT2D eigenvalue weighted by molar-refractivity contribution is 7.10. The molecule has 4 heteroatoms. The van der Waals surface area contributed by atoms with Gasteiger partial charge in [0.05, 0.1) is 17.0 Å². The lowest BCUT2D eigenvalue weighted by molar-refractivity contribution is 0.0752. The van der Waals surface area contributed by atoms with Crippen molar-refractivity contribution in [1.29, 1.82) is 0 Å². The van der Waals surface area contributed by atoms with Gasteiger partial charge in [0, 0.05) is 24.9 Å². The molecule has 0 atom stereocenters. The second kappa shape index (κ2) is 6.13. The molecule has 3 nitrogen and oxygen atoms in total. The lowest BCUT2D eigenvalue weighted by Gasteiger charge is -2.14. The number of hydrogen-bond acceptors (Lipinski definition) is 3. The summed E-state index contributed by atoms with van der Waals surface area (Å²) in [6.45, 7) is 1.42. The van der Waals surface area contributed by atoms with Crippen LogP contribution in [0.4, 0.5) is 0 Å². The van der Waals surface area contributed by atoms with Gasteiger partial charge in [0.2, 0.25) is 0 Å². The fourth-order valence-corrected chi connectivity index (χ4v) is 3.13. The van der Waals surface area contributed by atoms with Gasteiger partial charge in [0.25, 0.3) is 5.91 Å². The van der Waals surface area contributed by atoms with Crippen molar-refractivity contribution in [2.24, 2.45) is 0 Å². The first-order valence-corrected chi connectivity index (χ1v) is 7.70. The minimum atomic E-state index is 0.0534. The third-order valence-corrected chi connectivity index (χ3v) is 4.27. The Bertz CT molecular complexity index is 699. The van der Waals surface area contributed by atoms with Gasteiger partial charge in [-0.1, -0.05) is 36.1 Å². The summed E-state index contributed by atoms with van der Waals surface area (Å²) < 4.78 is 0. The van der Waals surface area contributed by atoms with Crippen molar-refractivity contribution in [3.63, 3.8) is 0 Å². The second-order valence-corrected chi connectivity index (χ2v) is 5.82. The van der Waals surface area contributed by atoms with Crippen molar-refractivity contribution >= 4 is 17.2 Å². The molecule has 106 valence electrons. The van der Waals surface area contributed by atoms with Crippen LogP contribution in [0.3, 0.4) is 0 Å². The number of benzene rings is 1.